The molecule has 0 aliphatic carbocycles. The van der Waals surface area contributed by atoms with E-state index in [0.29, 0.717) is 6.42 Å². The molecule has 0 N–H and O–H groups in total. The van der Waals surface area contributed by atoms with Crippen LogP contribution in [0.2, 0.25) is 0 Å². The number of allylic oxidation sites excluding steroid dienone is 1. The van der Waals surface area contributed by atoms with E-state index < -0.39 is 0 Å². The Morgan fingerprint density at radius 3 is 1.77 bits per heavy atom. The lowest BCUT2D eigenvalue weighted by atomic mass is 10.0. The van der Waals surface area contributed by atoms with Gasteiger partial charge in [-0.2, -0.15) is 0 Å². The molecule has 1 heteroatoms. The van der Waals surface area contributed by atoms with Gasteiger partial charge in [0.05, 0.1) is 0 Å². The molecule has 0 unspecified atom stereocenters. The summed E-state index contributed by atoms with van der Waals surface area (Å²) in [6.45, 7) is 4.25. The van der Waals surface area contributed by atoms with Crippen molar-refractivity contribution in [2.45, 2.75) is 71.6 Å². The first-order valence-corrected chi connectivity index (χ1v) is 10.2. The zero-order valence-electron chi connectivity index (χ0n) is 16.4. The maximum atomic E-state index is 13.6. The zero-order chi connectivity index (χ0) is 18.6. The van der Waals surface area contributed by atoms with Crippen LogP contribution in [0.25, 0.3) is 6.08 Å². The van der Waals surface area contributed by atoms with Crippen LogP contribution in [-0.2, 0) is 19.3 Å². The first-order chi connectivity index (χ1) is 12.7. The molecule has 2 aromatic carbocycles. The number of benzene rings is 2. The fourth-order valence-corrected chi connectivity index (χ4v) is 3.19. The molecule has 0 saturated heterocycles. The van der Waals surface area contributed by atoms with Gasteiger partial charge in [-0.15, -0.1) is 0 Å². The lowest BCUT2D eigenvalue weighted by Gasteiger charge is -2.06. The highest BCUT2D eigenvalue weighted by Crippen LogP contribution is 2.15. The van der Waals surface area contributed by atoms with Gasteiger partial charge in [-0.25, -0.2) is 4.39 Å². The second-order valence-electron chi connectivity index (χ2n) is 7.21. The van der Waals surface area contributed by atoms with Gasteiger partial charge in [-0.05, 0) is 66.9 Å². The van der Waals surface area contributed by atoms with Gasteiger partial charge in [0.15, 0.2) is 0 Å². The van der Waals surface area contributed by atoms with Crippen molar-refractivity contribution >= 4 is 6.08 Å². The molecular weight excluding hydrogens is 319 g/mol. The monoisotopic (exact) mass is 352 g/mol. The average Bonchev–Trinajstić information content (AvgIpc) is 2.66. The van der Waals surface area contributed by atoms with Gasteiger partial charge >= 0.3 is 0 Å². The van der Waals surface area contributed by atoms with E-state index in [0.717, 1.165) is 24.8 Å². The Labute approximate surface area is 159 Å². The molecule has 0 fully saturated rings. The molecular formula is C25H33F. The van der Waals surface area contributed by atoms with Crippen LogP contribution in [-0.4, -0.2) is 0 Å². The van der Waals surface area contributed by atoms with E-state index in [2.05, 4.69) is 43.3 Å². The van der Waals surface area contributed by atoms with Gasteiger partial charge in [0.2, 0.25) is 0 Å². The van der Waals surface area contributed by atoms with Crippen molar-refractivity contribution in [2.75, 3.05) is 0 Å². The molecule has 0 heterocycles. The van der Waals surface area contributed by atoms with E-state index in [4.69, 9.17) is 0 Å². The van der Waals surface area contributed by atoms with E-state index in [1.165, 1.54) is 48.8 Å². The smallest absolute Gasteiger partial charge is 0.100 e. The van der Waals surface area contributed by atoms with Crippen LogP contribution >= 0.6 is 0 Å². The van der Waals surface area contributed by atoms with Gasteiger partial charge in [0, 0.05) is 0 Å². The Morgan fingerprint density at radius 1 is 0.692 bits per heavy atom. The lowest BCUT2D eigenvalue weighted by Crippen LogP contribution is -1.93. The maximum Gasteiger partial charge on any atom is 0.100 e. The molecule has 140 valence electrons. The minimum absolute atomic E-state index is 0.0324. The molecule has 0 bridgehead atoms. The molecule has 0 aromatic heterocycles. The van der Waals surface area contributed by atoms with Crippen molar-refractivity contribution in [2.24, 2.45) is 0 Å². The van der Waals surface area contributed by atoms with Crippen molar-refractivity contribution in [3.05, 3.63) is 76.6 Å². The van der Waals surface area contributed by atoms with E-state index in [-0.39, 0.29) is 5.83 Å². The second-order valence-corrected chi connectivity index (χ2v) is 7.21. The van der Waals surface area contributed by atoms with Crippen molar-refractivity contribution in [1.82, 2.24) is 0 Å². The molecule has 0 aliphatic heterocycles. The van der Waals surface area contributed by atoms with Crippen LogP contribution in [0.1, 0.15) is 74.6 Å². The number of rotatable bonds is 11. The third kappa shape index (κ3) is 7.56. The highest BCUT2D eigenvalue weighted by molar-refractivity contribution is 5.51. The Kier molecular flexibility index (Phi) is 9.17. The normalized spacial score (nSPS) is 11.7. The molecule has 0 amide bonds. The van der Waals surface area contributed by atoms with Crippen LogP contribution in [0.15, 0.2) is 54.4 Å². The third-order valence-electron chi connectivity index (χ3n) is 4.84. The quantitative estimate of drug-likeness (QED) is 0.363. The Bertz CT molecular complexity index is 650. The first kappa shape index (κ1) is 20.4. The van der Waals surface area contributed by atoms with Crippen LogP contribution in [0.4, 0.5) is 4.39 Å². The summed E-state index contributed by atoms with van der Waals surface area (Å²) >= 11 is 0. The van der Waals surface area contributed by atoms with Gasteiger partial charge in [0.1, 0.15) is 5.83 Å². The SMILES string of the molecule is CCCCCCc1ccc(CCc2ccc(/C=C(/F)CCC)cc2)cc1. The van der Waals surface area contributed by atoms with E-state index in [1.54, 1.807) is 6.08 Å². The molecule has 26 heavy (non-hydrogen) atoms. The summed E-state index contributed by atoms with van der Waals surface area (Å²) in [5, 5.41) is 0. The third-order valence-corrected chi connectivity index (χ3v) is 4.84. The standard InChI is InChI=1S/C25H33F/c1-3-5-6-7-9-21-10-12-22(13-11-21)14-15-23-16-18-24(19-17-23)20-25(26)8-4-2/h10-13,16-20H,3-9,14-15H2,1-2H3/b25-20+. The predicted molar refractivity (Wildman–Crippen MR) is 112 cm³/mol. The highest BCUT2D eigenvalue weighted by atomic mass is 19.1. The Hall–Kier alpha value is -1.89. The number of hydrogen-bond donors (Lipinski definition) is 0. The molecule has 0 nitrogen and oxygen atoms in total. The Balaban J connectivity index is 1.80. The van der Waals surface area contributed by atoms with Crippen molar-refractivity contribution in [3.8, 4) is 0 Å². The lowest BCUT2D eigenvalue weighted by molar-refractivity contribution is 0.591. The summed E-state index contributed by atoms with van der Waals surface area (Å²) in [6.07, 6.45) is 11.6. The summed E-state index contributed by atoms with van der Waals surface area (Å²) in [5.41, 5.74) is 5.10. The fraction of sp³-hybridized carbons (Fsp3) is 0.440. The van der Waals surface area contributed by atoms with E-state index in [9.17, 15) is 4.39 Å². The van der Waals surface area contributed by atoms with E-state index >= 15 is 0 Å². The topological polar surface area (TPSA) is 0 Å². The van der Waals surface area contributed by atoms with Gasteiger partial charge < -0.3 is 0 Å². The van der Waals surface area contributed by atoms with Crippen LogP contribution in [0.5, 0.6) is 0 Å². The minimum atomic E-state index is -0.0324. The van der Waals surface area contributed by atoms with Crippen molar-refractivity contribution < 1.29 is 4.39 Å². The van der Waals surface area contributed by atoms with Crippen molar-refractivity contribution in [3.63, 3.8) is 0 Å². The van der Waals surface area contributed by atoms with Crippen LogP contribution in [0.3, 0.4) is 0 Å². The summed E-state index contributed by atoms with van der Waals surface area (Å²) in [4.78, 5) is 0. The summed E-state index contributed by atoms with van der Waals surface area (Å²) in [7, 11) is 0. The number of unbranched alkanes of at least 4 members (excludes halogenated alkanes) is 3. The number of hydrogen-bond acceptors (Lipinski definition) is 0. The van der Waals surface area contributed by atoms with E-state index in [1.807, 2.05) is 19.1 Å². The largest absolute Gasteiger partial charge is 0.212 e. The van der Waals surface area contributed by atoms with Gasteiger partial charge in [0.25, 0.3) is 0 Å². The molecule has 0 saturated carbocycles. The molecule has 0 aliphatic rings. The van der Waals surface area contributed by atoms with Crippen LogP contribution < -0.4 is 0 Å². The van der Waals surface area contributed by atoms with Gasteiger partial charge in [-0.1, -0.05) is 81.6 Å². The fourth-order valence-electron chi connectivity index (χ4n) is 3.19. The molecule has 0 atom stereocenters. The summed E-state index contributed by atoms with van der Waals surface area (Å²) in [5.74, 6) is -0.0324. The maximum absolute atomic E-state index is 13.6. The predicted octanol–water partition coefficient (Wildman–Crippen LogP) is 7.71. The van der Waals surface area contributed by atoms with Crippen molar-refractivity contribution in [1.29, 1.82) is 0 Å². The summed E-state index contributed by atoms with van der Waals surface area (Å²) < 4.78 is 13.6. The zero-order valence-corrected chi connectivity index (χ0v) is 16.4. The highest BCUT2D eigenvalue weighted by Gasteiger charge is 1.99. The first-order valence-electron chi connectivity index (χ1n) is 10.2. The van der Waals surface area contributed by atoms with Gasteiger partial charge in [-0.3, -0.25) is 0 Å². The summed E-state index contributed by atoms with van der Waals surface area (Å²) in [6, 6.07) is 17.4. The average molecular weight is 353 g/mol. The molecule has 2 rings (SSSR count). The molecule has 0 radical (unpaired) electrons. The number of aryl methyl sites for hydroxylation is 3. The number of halogens is 1. The second kappa shape index (κ2) is 11.7. The Morgan fingerprint density at radius 2 is 1.23 bits per heavy atom. The van der Waals surface area contributed by atoms with Crippen LogP contribution in [0, 0.1) is 0 Å². The minimum Gasteiger partial charge on any atom is -0.212 e. The molecule has 2 aromatic rings. The molecule has 0 spiro atoms.